The van der Waals surface area contributed by atoms with E-state index < -0.39 is 0 Å². The van der Waals surface area contributed by atoms with Gasteiger partial charge in [-0.15, -0.1) is 5.10 Å². The van der Waals surface area contributed by atoms with Crippen molar-refractivity contribution in [1.82, 2.24) is 35.1 Å². The van der Waals surface area contributed by atoms with Crippen LogP contribution in [-0.2, 0) is 13.5 Å². The molecule has 8 nitrogen and oxygen atoms in total. The van der Waals surface area contributed by atoms with Gasteiger partial charge in [0.25, 0.3) is 5.91 Å². The molecule has 0 saturated carbocycles. The number of hydrogen-bond donors (Lipinski definition) is 1. The average Bonchev–Trinajstić information content (AvgIpc) is 3.31. The molecule has 0 unspecified atom stereocenters. The van der Waals surface area contributed by atoms with Crippen LogP contribution in [0.3, 0.4) is 0 Å². The Bertz CT molecular complexity index is 1050. The molecule has 0 aliphatic rings. The first-order valence-corrected chi connectivity index (χ1v) is 8.25. The van der Waals surface area contributed by atoms with Crippen LogP contribution < -0.4 is 5.32 Å². The lowest BCUT2D eigenvalue weighted by atomic mass is 10.1. The lowest BCUT2D eigenvalue weighted by Gasteiger charge is -2.09. The minimum absolute atomic E-state index is 0.171. The molecule has 2 heterocycles. The standard InChI is InChI=1S/C18H17N7O/c1-24-16-9-5-3-7-14(16)21-17(24)10-11-19-18(26)13-6-2-4-8-15(13)25-12-20-22-23-25/h2-9,12H,10-11H2,1H3,(H,19,26). The van der Waals surface area contributed by atoms with E-state index in [1.165, 1.54) is 11.0 Å². The number of imidazole rings is 1. The summed E-state index contributed by atoms with van der Waals surface area (Å²) < 4.78 is 3.52. The smallest absolute Gasteiger partial charge is 0.253 e. The summed E-state index contributed by atoms with van der Waals surface area (Å²) in [7, 11) is 1.99. The summed E-state index contributed by atoms with van der Waals surface area (Å²) in [6.45, 7) is 0.486. The van der Waals surface area contributed by atoms with Crippen molar-refractivity contribution in [1.29, 1.82) is 0 Å². The molecule has 0 radical (unpaired) electrons. The van der Waals surface area contributed by atoms with Crippen LogP contribution in [0.25, 0.3) is 16.7 Å². The number of amides is 1. The number of rotatable bonds is 5. The Kier molecular flexibility index (Phi) is 4.14. The van der Waals surface area contributed by atoms with E-state index >= 15 is 0 Å². The molecule has 0 aliphatic carbocycles. The zero-order valence-electron chi connectivity index (χ0n) is 14.2. The molecule has 2 aromatic carbocycles. The summed E-state index contributed by atoms with van der Waals surface area (Å²) in [6.07, 6.45) is 2.11. The minimum Gasteiger partial charge on any atom is -0.352 e. The Morgan fingerprint density at radius 2 is 1.92 bits per heavy atom. The second-order valence-corrected chi connectivity index (χ2v) is 5.85. The summed E-state index contributed by atoms with van der Waals surface area (Å²) in [6, 6.07) is 15.2. The highest BCUT2D eigenvalue weighted by molar-refractivity contribution is 5.97. The van der Waals surface area contributed by atoms with Crippen molar-refractivity contribution in [2.24, 2.45) is 7.05 Å². The van der Waals surface area contributed by atoms with E-state index in [0.717, 1.165) is 16.9 Å². The van der Waals surface area contributed by atoms with E-state index in [-0.39, 0.29) is 5.91 Å². The van der Waals surface area contributed by atoms with Gasteiger partial charge in [0.2, 0.25) is 0 Å². The van der Waals surface area contributed by atoms with E-state index in [9.17, 15) is 4.79 Å². The molecule has 0 aliphatic heterocycles. The van der Waals surface area contributed by atoms with Crippen LogP contribution in [0.2, 0.25) is 0 Å². The average molecular weight is 347 g/mol. The van der Waals surface area contributed by atoms with Crippen LogP contribution >= 0.6 is 0 Å². The Morgan fingerprint density at radius 3 is 2.73 bits per heavy atom. The fraction of sp³-hybridized carbons (Fsp3) is 0.167. The number of hydrogen-bond acceptors (Lipinski definition) is 5. The van der Waals surface area contributed by atoms with Gasteiger partial charge in [0.1, 0.15) is 12.2 Å². The van der Waals surface area contributed by atoms with E-state index in [1.807, 2.05) is 43.4 Å². The van der Waals surface area contributed by atoms with Crippen molar-refractivity contribution in [3.05, 3.63) is 66.2 Å². The molecule has 1 amide bonds. The number of fused-ring (bicyclic) bond motifs is 1. The van der Waals surface area contributed by atoms with Crippen LogP contribution in [0.4, 0.5) is 0 Å². The number of aryl methyl sites for hydroxylation is 1. The van der Waals surface area contributed by atoms with Crippen LogP contribution in [-0.4, -0.2) is 42.2 Å². The molecule has 4 aromatic rings. The van der Waals surface area contributed by atoms with Crippen molar-refractivity contribution < 1.29 is 4.79 Å². The van der Waals surface area contributed by atoms with Crippen molar-refractivity contribution in [3.63, 3.8) is 0 Å². The molecule has 1 N–H and O–H groups in total. The van der Waals surface area contributed by atoms with Gasteiger partial charge in [0.05, 0.1) is 22.3 Å². The van der Waals surface area contributed by atoms with E-state index in [2.05, 4.69) is 30.4 Å². The van der Waals surface area contributed by atoms with Gasteiger partial charge in [-0.2, -0.15) is 4.68 Å². The highest BCUT2D eigenvalue weighted by Crippen LogP contribution is 2.15. The summed E-state index contributed by atoms with van der Waals surface area (Å²) in [5, 5.41) is 14.0. The monoisotopic (exact) mass is 347 g/mol. The largest absolute Gasteiger partial charge is 0.352 e. The molecule has 2 aromatic heterocycles. The molecule has 0 bridgehead atoms. The lowest BCUT2D eigenvalue weighted by Crippen LogP contribution is -2.27. The predicted molar refractivity (Wildman–Crippen MR) is 95.9 cm³/mol. The van der Waals surface area contributed by atoms with Gasteiger partial charge < -0.3 is 9.88 Å². The molecule has 0 atom stereocenters. The first kappa shape index (κ1) is 15.9. The second kappa shape index (κ2) is 6.75. The highest BCUT2D eigenvalue weighted by Gasteiger charge is 2.13. The number of para-hydroxylation sites is 3. The summed E-state index contributed by atoms with van der Waals surface area (Å²) in [5.41, 5.74) is 3.20. The van der Waals surface area contributed by atoms with Gasteiger partial charge in [-0.1, -0.05) is 24.3 Å². The van der Waals surface area contributed by atoms with Crippen molar-refractivity contribution >= 4 is 16.9 Å². The number of benzene rings is 2. The van der Waals surface area contributed by atoms with Gasteiger partial charge in [0, 0.05) is 20.0 Å². The third-order valence-electron chi connectivity index (χ3n) is 4.26. The second-order valence-electron chi connectivity index (χ2n) is 5.85. The normalized spacial score (nSPS) is 11.0. The van der Waals surface area contributed by atoms with Crippen LogP contribution in [0, 0.1) is 0 Å². The SMILES string of the molecule is Cn1c(CCNC(=O)c2ccccc2-n2cnnn2)nc2ccccc21. The van der Waals surface area contributed by atoms with Gasteiger partial charge in [-0.05, 0) is 34.7 Å². The maximum atomic E-state index is 12.6. The number of tetrazole rings is 1. The lowest BCUT2D eigenvalue weighted by molar-refractivity contribution is 0.0953. The number of nitrogens with one attached hydrogen (secondary N) is 1. The van der Waals surface area contributed by atoms with Crippen molar-refractivity contribution in [3.8, 4) is 5.69 Å². The van der Waals surface area contributed by atoms with Crippen LogP contribution in [0.1, 0.15) is 16.2 Å². The quantitative estimate of drug-likeness (QED) is 0.591. The van der Waals surface area contributed by atoms with Gasteiger partial charge in [-0.3, -0.25) is 4.79 Å². The number of carbonyl (C=O) groups excluding carboxylic acids is 1. The van der Waals surface area contributed by atoms with E-state index in [0.29, 0.717) is 24.2 Å². The van der Waals surface area contributed by atoms with Gasteiger partial charge in [-0.25, -0.2) is 4.98 Å². The number of aromatic nitrogens is 6. The first-order valence-electron chi connectivity index (χ1n) is 8.25. The van der Waals surface area contributed by atoms with Crippen LogP contribution in [0.15, 0.2) is 54.9 Å². The Hall–Kier alpha value is -3.55. The van der Waals surface area contributed by atoms with Crippen LogP contribution in [0.5, 0.6) is 0 Å². The molecule has 26 heavy (non-hydrogen) atoms. The van der Waals surface area contributed by atoms with Crippen molar-refractivity contribution in [2.75, 3.05) is 6.54 Å². The molecule has 0 fully saturated rings. The molecule has 4 rings (SSSR count). The maximum Gasteiger partial charge on any atom is 0.253 e. The minimum atomic E-state index is -0.171. The molecule has 8 heteroatoms. The first-order chi connectivity index (χ1) is 12.7. The number of carbonyl (C=O) groups is 1. The molecular formula is C18H17N7O. The van der Waals surface area contributed by atoms with E-state index in [4.69, 9.17) is 0 Å². The highest BCUT2D eigenvalue weighted by atomic mass is 16.1. The molecular weight excluding hydrogens is 330 g/mol. The summed E-state index contributed by atoms with van der Waals surface area (Å²) >= 11 is 0. The third kappa shape index (κ3) is 2.92. The summed E-state index contributed by atoms with van der Waals surface area (Å²) in [4.78, 5) is 17.2. The predicted octanol–water partition coefficient (Wildman–Crippen LogP) is 1.52. The van der Waals surface area contributed by atoms with Gasteiger partial charge >= 0.3 is 0 Å². The fourth-order valence-corrected chi connectivity index (χ4v) is 2.94. The maximum absolute atomic E-state index is 12.6. The number of nitrogens with zero attached hydrogens (tertiary/aromatic N) is 6. The van der Waals surface area contributed by atoms with Crippen molar-refractivity contribution in [2.45, 2.75) is 6.42 Å². The van der Waals surface area contributed by atoms with Gasteiger partial charge in [0.15, 0.2) is 0 Å². The molecule has 0 spiro atoms. The molecule has 130 valence electrons. The van der Waals surface area contributed by atoms with E-state index in [1.54, 1.807) is 12.1 Å². The third-order valence-corrected chi connectivity index (χ3v) is 4.26. The summed E-state index contributed by atoms with van der Waals surface area (Å²) in [5.74, 6) is 0.759. The topological polar surface area (TPSA) is 90.5 Å². The Morgan fingerprint density at radius 1 is 1.12 bits per heavy atom. The Balaban J connectivity index is 1.47. The zero-order chi connectivity index (χ0) is 17.9. The fourth-order valence-electron chi connectivity index (χ4n) is 2.94. The zero-order valence-corrected chi connectivity index (χ0v) is 14.2. The Labute approximate surface area is 149 Å². The molecule has 0 saturated heterocycles.